The maximum absolute atomic E-state index is 13.6. The second-order valence-electron chi connectivity index (χ2n) is 6.27. The van der Waals surface area contributed by atoms with Crippen LogP contribution in [0.4, 0.5) is 4.39 Å². The van der Waals surface area contributed by atoms with Crippen LogP contribution in [0.15, 0.2) is 48.5 Å². The molecule has 3 rings (SSSR count). The molecule has 130 valence electrons. The van der Waals surface area contributed by atoms with Gasteiger partial charge in [-0.2, -0.15) is 5.26 Å². The predicted octanol–water partition coefficient (Wildman–Crippen LogP) is 3.02. The third-order valence-electron chi connectivity index (χ3n) is 4.59. The summed E-state index contributed by atoms with van der Waals surface area (Å²) < 4.78 is 19.1. The second kappa shape index (κ2) is 8.21. The molecule has 2 aromatic carbocycles. The van der Waals surface area contributed by atoms with Gasteiger partial charge >= 0.3 is 0 Å². The molecule has 1 fully saturated rings. The third kappa shape index (κ3) is 4.43. The van der Waals surface area contributed by atoms with Crippen molar-refractivity contribution in [3.05, 3.63) is 71.0 Å². The first-order valence-corrected chi connectivity index (χ1v) is 8.40. The van der Waals surface area contributed by atoms with Gasteiger partial charge in [0.2, 0.25) is 0 Å². The molecule has 0 spiro atoms. The van der Waals surface area contributed by atoms with Crippen molar-refractivity contribution in [1.82, 2.24) is 4.90 Å². The van der Waals surface area contributed by atoms with Crippen LogP contribution in [-0.4, -0.2) is 35.8 Å². The molecule has 0 aromatic heterocycles. The van der Waals surface area contributed by atoms with Crippen LogP contribution in [0.25, 0.3) is 0 Å². The van der Waals surface area contributed by atoms with Crippen molar-refractivity contribution in [3.63, 3.8) is 0 Å². The zero-order valence-corrected chi connectivity index (χ0v) is 13.9. The van der Waals surface area contributed by atoms with Crippen LogP contribution in [0.3, 0.4) is 0 Å². The minimum absolute atomic E-state index is 0.0127. The SMILES string of the molecule is N#Cc1ccc(F)cc1CN1CCOC[C@H]1C[C@H](O)c1ccccc1. The minimum Gasteiger partial charge on any atom is -0.388 e. The standard InChI is InChI=1S/C20H21FN2O2/c21-18-7-6-16(12-22)17(10-18)13-23-8-9-25-14-19(23)11-20(24)15-4-2-1-3-5-15/h1-7,10,19-20,24H,8-9,11,13-14H2/t19-,20+/m1/s1. The topological polar surface area (TPSA) is 56.5 Å². The van der Waals surface area contributed by atoms with Crippen molar-refractivity contribution >= 4 is 0 Å². The maximum atomic E-state index is 13.6. The maximum Gasteiger partial charge on any atom is 0.123 e. The summed E-state index contributed by atoms with van der Waals surface area (Å²) in [5, 5.41) is 19.8. The lowest BCUT2D eigenvalue weighted by Gasteiger charge is -2.36. The molecule has 0 saturated carbocycles. The van der Waals surface area contributed by atoms with Crippen molar-refractivity contribution in [1.29, 1.82) is 5.26 Å². The van der Waals surface area contributed by atoms with Crippen molar-refractivity contribution < 1.29 is 14.2 Å². The number of hydrogen-bond donors (Lipinski definition) is 1. The average Bonchev–Trinajstić information content (AvgIpc) is 2.64. The fourth-order valence-electron chi connectivity index (χ4n) is 3.20. The van der Waals surface area contributed by atoms with E-state index in [9.17, 15) is 14.8 Å². The van der Waals surface area contributed by atoms with Gasteiger partial charge in [0.15, 0.2) is 0 Å². The normalized spacial score (nSPS) is 19.3. The van der Waals surface area contributed by atoms with Gasteiger partial charge in [-0.05, 0) is 35.7 Å². The monoisotopic (exact) mass is 340 g/mol. The van der Waals surface area contributed by atoms with Gasteiger partial charge in [-0.15, -0.1) is 0 Å². The van der Waals surface area contributed by atoms with Crippen LogP contribution in [0.1, 0.15) is 29.2 Å². The molecule has 2 aromatic rings. The molecular weight excluding hydrogens is 319 g/mol. The summed E-state index contributed by atoms with van der Waals surface area (Å²) in [4.78, 5) is 2.16. The van der Waals surface area contributed by atoms with E-state index in [1.807, 2.05) is 30.3 Å². The van der Waals surface area contributed by atoms with Crippen LogP contribution in [-0.2, 0) is 11.3 Å². The number of halogens is 1. The minimum atomic E-state index is -0.585. The van der Waals surface area contributed by atoms with E-state index < -0.39 is 6.10 Å². The first kappa shape index (κ1) is 17.6. The Morgan fingerprint density at radius 3 is 2.84 bits per heavy atom. The van der Waals surface area contributed by atoms with Crippen LogP contribution in [0, 0.1) is 17.1 Å². The summed E-state index contributed by atoms with van der Waals surface area (Å²) in [6.45, 7) is 2.26. The third-order valence-corrected chi connectivity index (χ3v) is 4.59. The predicted molar refractivity (Wildman–Crippen MR) is 92.2 cm³/mol. The molecule has 25 heavy (non-hydrogen) atoms. The van der Waals surface area contributed by atoms with E-state index in [-0.39, 0.29) is 11.9 Å². The highest BCUT2D eigenvalue weighted by Crippen LogP contribution is 2.24. The van der Waals surface area contributed by atoms with E-state index in [2.05, 4.69) is 11.0 Å². The number of rotatable bonds is 5. The smallest absolute Gasteiger partial charge is 0.123 e. The Morgan fingerprint density at radius 1 is 1.28 bits per heavy atom. The Balaban J connectivity index is 1.73. The summed E-state index contributed by atoms with van der Waals surface area (Å²) >= 11 is 0. The second-order valence-corrected chi connectivity index (χ2v) is 6.27. The molecule has 1 aliphatic rings. The van der Waals surface area contributed by atoms with Gasteiger partial charge < -0.3 is 9.84 Å². The highest BCUT2D eigenvalue weighted by atomic mass is 19.1. The largest absolute Gasteiger partial charge is 0.388 e. The van der Waals surface area contributed by atoms with Gasteiger partial charge in [-0.3, -0.25) is 4.90 Å². The van der Waals surface area contributed by atoms with E-state index in [0.29, 0.717) is 43.9 Å². The van der Waals surface area contributed by atoms with Crippen LogP contribution in [0.2, 0.25) is 0 Å². The Bertz CT molecular complexity index is 745. The van der Waals surface area contributed by atoms with Crippen molar-refractivity contribution in [3.8, 4) is 6.07 Å². The quantitative estimate of drug-likeness (QED) is 0.909. The molecule has 2 atom stereocenters. The first-order valence-electron chi connectivity index (χ1n) is 8.40. The van der Waals surface area contributed by atoms with E-state index in [4.69, 9.17) is 4.74 Å². The summed E-state index contributed by atoms with van der Waals surface area (Å²) in [5.74, 6) is -0.344. The molecule has 0 radical (unpaired) electrons. The Labute approximate surface area is 147 Å². The van der Waals surface area contributed by atoms with E-state index in [1.165, 1.54) is 18.2 Å². The first-order chi connectivity index (χ1) is 12.2. The van der Waals surface area contributed by atoms with Crippen molar-refractivity contribution in [2.75, 3.05) is 19.8 Å². The van der Waals surface area contributed by atoms with Gasteiger partial charge in [0.25, 0.3) is 0 Å². The highest BCUT2D eigenvalue weighted by Gasteiger charge is 2.26. The molecule has 1 aliphatic heterocycles. The number of ether oxygens (including phenoxy) is 1. The molecule has 0 aliphatic carbocycles. The van der Waals surface area contributed by atoms with Crippen LogP contribution in [0.5, 0.6) is 0 Å². The lowest BCUT2D eigenvalue weighted by molar-refractivity contribution is -0.0300. The van der Waals surface area contributed by atoms with Gasteiger partial charge in [0.05, 0.1) is 31.0 Å². The molecule has 1 N–H and O–H groups in total. The van der Waals surface area contributed by atoms with Crippen molar-refractivity contribution in [2.45, 2.75) is 25.1 Å². The van der Waals surface area contributed by atoms with Crippen molar-refractivity contribution in [2.24, 2.45) is 0 Å². The summed E-state index contributed by atoms with van der Waals surface area (Å²) in [7, 11) is 0. The Hall–Kier alpha value is -2.26. The van der Waals surface area contributed by atoms with Gasteiger partial charge in [-0.1, -0.05) is 30.3 Å². The lowest BCUT2D eigenvalue weighted by Crippen LogP contribution is -2.45. The molecule has 1 saturated heterocycles. The molecule has 0 unspecified atom stereocenters. The zero-order valence-electron chi connectivity index (χ0n) is 13.9. The van der Waals surface area contributed by atoms with Gasteiger partial charge in [-0.25, -0.2) is 4.39 Å². The molecule has 5 heteroatoms. The molecule has 4 nitrogen and oxygen atoms in total. The number of hydrogen-bond acceptors (Lipinski definition) is 4. The zero-order chi connectivity index (χ0) is 17.6. The average molecular weight is 340 g/mol. The number of aliphatic hydroxyl groups excluding tert-OH is 1. The summed E-state index contributed by atoms with van der Waals surface area (Å²) in [6.07, 6.45) is -0.0559. The fraction of sp³-hybridized carbons (Fsp3) is 0.350. The van der Waals surface area contributed by atoms with Gasteiger partial charge in [0.1, 0.15) is 5.82 Å². The fourth-order valence-corrected chi connectivity index (χ4v) is 3.20. The number of morpholine rings is 1. The molecular formula is C20H21FN2O2. The Kier molecular flexibility index (Phi) is 5.77. The van der Waals surface area contributed by atoms with E-state index in [1.54, 1.807) is 0 Å². The van der Waals surface area contributed by atoms with Gasteiger partial charge in [0, 0.05) is 19.1 Å². The summed E-state index contributed by atoms with van der Waals surface area (Å²) in [6, 6.07) is 15.9. The highest BCUT2D eigenvalue weighted by molar-refractivity contribution is 5.37. The number of nitriles is 1. The molecule has 0 bridgehead atoms. The molecule has 1 heterocycles. The Morgan fingerprint density at radius 2 is 2.08 bits per heavy atom. The van der Waals surface area contributed by atoms with Crippen LogP contribution < -0.4 is 0 Å². The van der Waals surface area contributed by atoms with E-state index in [0.717, 1.165) is 5.56 Å². The number of aliphatic hydroxyl groups is 1. The number of nitrogens with zero attached hydrogens (tertiary/aromatic N) is 2. The number of benzene rings is 2. The van der Waals surface area contributed by atoms with E-state index >= 15 is 0 Å². The lowest BCUT2D eigenvalue weighted by atomic mass is 9.99. The molecule has 0 amide bonds. The van der Waals surface area contributed by atoms with Crippen LogP contribution >= 0.6 is 0 Å². The summed E-state index contributed by atoms with van der Waals surface area (Å²) in [5.41, 5.74) is 2.02.